The molecule has 4 aliphatic rings. The van der Waals surface area contributed by atoms with Gasteiger partial charge in [0.25, 0.3) is 0 Å². The van der Waals surface area contributed by atoms with Gasteiger partial charge in [0.15, 0.2) is 0 Å². The Morgan fingerprint density at radius 1 is 1.05 bits per heavy atom. The van der Waals surface area contributed by atoms with Crippen molar-refractivity contribution in [1.82, 2.24) is 5.32 Å². The maximum absolute atomic E-state index is 12.7. The van der Waals surface area contributed by atoms with E-state index in [4.69, 9.17) is 0 Å². The number of nitrogens with one attached hydrogen (secondary N) is 1. The van der Waals surface area contributed by atoms with Crippen molar-refractivity contribution in [3.05, 3.63) is 0 Å². The molecule has 0 heterocycles. The average molecular weight is 293 g/mol. The largest absolute Gasteiger partial charge is 0.480 e. The van der Waals surface area contributed by atoms with Crippen molar-refractivity contribution < 1.29 is 14.7 Å². The Labute approximate surface area is 126 Å². The van der Waals surface area contributed by atoms with Gasteiger partial charge < -0.3 is 10.4 Å². The van der Waals surface area contributed by atoms with Gasteiger partial charge in [-0.15, -0.1) is 0 Å². The van der Waals surface area contributed by atoms with E-state index >= 15 is 0 Å². The van der Waals surface area contributed by atoms with Crippen molar-refractivity contribution in [2.45, 2.75) is 58.4 Å². The highest BCUT2D eigenvalue weighted by molar-refractivity contribution is 5.85. The Hall–Kier alpha value is -1.06. The van der Waals surface area contributed by atoms with E-state index in [-0.39, 0.29) is 17.7 Å². The lowest BCUT2D eigenvalue weighted by atomic mass is 9.51. The number of carboxylic acids is 1. The highest BCUT2D eigenvalue weighted by Gasteiger charge is 2.51. The molecule has 0 aliphatic heterocycles. The summed E-state index contributed by atoms with van der Waals surface area (Å²) in [5.41, 5.74) is 0. The molecule has 0 radical (unpaired) electrons. The van der Waals surface area contributed by atoms with Gasteiger partial charge in [-0.2, -0.15) is 0 Å². The molecule has 0 spiro atoms. The molecule has 0 aromatic carbocycles. The molecule has 4 heteroatoms. The van der Waals surface area contributed by atoms with Crippen LogP contribution in [0.2, 0.25) is 0 Å². The standard InChI is InChI=1S/C17H27NO3/c1-9(2)3-14(17(20)21)18-16(19)15-12-5-10-4-11(7-12)8-13(15)6-10/h9-15H,3-8H2,1-2H3,(H,18,19)(H,20,21)/t10?,11?,12?,13?,14-,15?/m1/s1. The third-order valence-corrected chi connectivity index (χ3v) is 5.85. The predicted molar refractivity (Wildman–Crippen MR) is 79.6 cm³/mol. The second-order valence-corrected chi connectivity index (χ2v) is 7.99. The Bertz CT molecular complexity index is 404. The van der Waals surface area contributed by atoms with Gasteiger partial charge in [0, 0.05) is 5.92 Å². The van der Waals surface area contributed by atoms with E-state index in [9.17, 15) is 14.7 Å². The number of amides is 1. The lowest BCUT2D eigenvalue weighted by molar-refractivity contribution is -0.147. The zero-order valence-corrected chi connectivity index (χ0v) is 13.0. The fourth-order valence-electron chi connectivity index (χ4n) is 5.31. The fraction of sp³-hybridized carbons (Fsp3) is 0.882. The van der Waals surface area contributed by atoms with Crippen LogP contribution in [-0.4, -0.2) is 23.0 Å². The molecule has 0 unspecified atom stereocenters. The van der Waals surface area contributed by atoms with Gasteiger partial charge in [-0.3, -0.25) is 4.79 Å². The van der Waals surface area contributed by atoms with Gasteiger partial charge in [-0.05, 0) is 68.1 Å². The van der Waals surface area contributed by atoms with E-state index in [0.717, 1.165) is 11.8 Å². The van der Waals surface area contributed by atoms with E-state index in [1.165, 1.54) is 32.1 Å². The number of rotatable bonds is 5. The first kappa shape index (κ1) is 14.9. The Kier molecular flexibility index (Phi) is 3.98. The van der Waals surface area contributed by atoms with Gasteiger partial charge >= 0.3 is 5.97 Å². The summed E-state index contributed by atoms with van der Waals surface area (Å²) in [7, 11) is 0. The van der Waals surface area contributed by atoms with Crippen LogP contribution in [0.3, 0.4) is 0 Å². The molecule has 0 aromatic rings. The molecule has 1 atom stereocenters. The van der Waals surface area contributed by atoms with E-state index in [0.29, 0.717) is 18.3 Å². The third kappa shape index (κ3) is 2.95. The molecule has 21 heavy (non-hydrogen) atoms. The molecule has 1 amide bonds. The summed E-state index contributed by atoms with van der Waals surface area (Å²) in [5.74, 6) is 2.14. The predicted octanol–water partition coefficient (Wildman–Crippen LogP) is 2.67. The van der Waals surface area contributed by atoms with Crippen LogP contribution in [0.4, 0.5) is 0 Å². The Balaban J connectivity index is 1.66. The monoisotopic (exact) mass is 293 g/mol. The Morgan fingerprint density at radius 2 is 1.57 bits per heavy atom. The number of carboxylic acid groups (broad SMARTS) is 1. The zero-order valence-electron chi connectivity index (χ0n) is 13.0. The molecule has 4 rings (SSSR count). The van der Waals surface area contributed by atoms with Gasteiger partial charge in [-0.25, -0.2) is 4.79 Å². The average Bonchev–Trinajstić information content (AvgIpc) is 2.35. The zero-order chi connectivity index (χ0) is 15.1. The maximum atomic E-state index is 12.7. The SMILES string of the molecule is CC(C)C[C@@H](NC(=O)C1C2CC3CC(C2)CC1C3)C(=O)O. The molecule has 4 bridgehead atoms. The summed E-state index contributed by atoms with van der Waals surface area (Å²) in [5, 5.41) is 12.1. The van der Waals surface area contributed by atoms with Crippen molar-refractivity contribution in [3.8, 4) is 0 Å². The molecule has 4 fully saturated rings. The lowest BCUT2D eigenvalue weighted by Gasteiger charge is -2.53. The fourth-order valence-corrected chi connectivity index (χ4v) is 5.31. The quantitative estimate of drug-likeness (QED) is 0.819. The first-order valence-electron chi connectivity index (χ1n) is 8.47. The van der Waals surface area contributed by atoms with Crippen LogP contribution in [0.25, 0.3) is 0 Å². The molecule has 118 valence electrons. The molecule has 4 nitrogen and oxygen atoms in total. The van der Waals surface area contributed by atoms with Gasteiger partial charge in [0.05, 0.1) is 0 Å². The summed E-state index contributed by atoms with van der Waals surface area (Å²) in [6.45, 7) is 3.98. The van der Waals surface area contributed by atoms with Gasteiger partial charge in [0.1, 0.15) is 6.04 Å². The number of carbonyl (C=O) groups is 2. The van der Waals surface area contributed by atoms with E-state index in [1.807, 2.05) is 13.8 Å². The molecule has 0 saturated heterocycles. The number of carbonyl (C=O) groups excluding carboxylic acids is 1. The highest BCUT2D eigenvalue weighted by Crippen LogP contribution is 2.56. The Morgan fingerprint density at radius 3 is 2.00 bits per heavy atom. The van der Waals surface area contributed by atoms with Crippen molar-refractivity contribution >= 4 is 11.9 Å². The van der Waals surface area contributed by atoms with Crippen LogP contribution in [0.1, 0.15) is 52.4 Å². The molecule has 2 N–H and O–H groups in total. The minimum Gasteiger partial charge on any atom is -0.480 e. The summed E-state index contributed by atoms with van der Waals surface area (Å²) in [6.07, 6.45) is 6.63. The second-order valence-electron chi connectivity index (χ2n) is 7.99. The van der Waals surface area contributed by atoms with Crippen molar-refractivity contribution in [2.75, 3.05) is 0 Å². The molecule has 0 aromatic heterocycles. The minimum absolute atomic E-state index is 0.0110. The van der Waals surface area contributed by atoms with Crippen LogP contribution in [0.15, 0.2) is 0 Å². The smallest absolute Gasteiger partial charge is 0.326 e. The minimum atomic E-state index is -0.902. The van der Waals surface area contributed by atoms with Crippen LogP contribution in [-0.2, 0) is 9.59 Å². The van der Waals surface area contributed by atoms with Crippen LogP contribution in [0.5, 0.6) is 0 Å². The summed E-state index contributed by atoms with van der Waals surface area (Å²) < 4.78 is 0. The summed E-state index contributed by atoms with van der Waals surface area (Å²) in [4.78, 5) is 24.0. The first-order valence-corrected chi connectivity index (χ1v) is 8.47. The topological polar surface area (TPSA) is 66.4 Å². The summed E-state index contributed by atoms with van der Waals surface area (Å²) in [6, 6.07) is -0.727. The van der Waals surface area contributed by atoms with Crippen LogP contribution in [0, 0.1) is 35.5 Å². The molecule has 4 aliphatic carbocycles. The van der Waals surface area contributed by atoms with Crippen molar-refractivity contribution in [1.29, 1.82) is 0 Å². The van der Waals surface area contributed by atoms with E-state index in [2.05, 4.69) is 5.32 Å². The normalized spacial score (nSPS) is 38.5. The van der Waals surface area contributed by atoms with Crippen LogP contribution < -0.4 is 5.32 Å². The third-order valence-electron chi connectivity index (χ3n) is 5.85. The van der Waals surface area contributed by atoms with Crippen molar-refractivity contribution in [2.24, 2.45) is 35.5 Å². The summed E-state index contributed by atoms with van der Waals surface area (Å²) >= 11 is 0. The molecule has 4 saturated carbocycles. The highest BCUT2D eigenvalue weighted by atomic mass is 16.4. The number of hydrogen-bond donors (Lipinski definition) is 2. The van der Waals surface area contributed by atoms with E-state index < -0.39 is 12.0 Å². The number of hydrogen-bond acceptors (Lipinski definition) is 2. The lowest BCUT2D eigenvalue weighted by Crippen LogP contribution is -2.53. The maximum Gasteiger partial charge on any atom is 0.326 e. The van der Waals surface area contributed by atoms with E-state index in [1.54, 1.807) is 0 Å². The van der Waals surface area contributed by atoms with Gasteiger partial charge in [-0.1, -0.05) is 13.8 Å². The molecular weight excluding hydrogens is 266 g/mol. The second kappa shape index (κ2) is 5.62. The van der Waals surface area contributed by atoms with Crippen LogP contribution >= 0.6 is 0 Å². The van der Waals surface area contributed by atoms with Gasteiger partial charge in [0.2, 0.25) is 5.91 Å². The molecular formula is C17H27NO3. The first-order chi connectivity index (χ1) is 9.94. The number of aliphatic carboxylic acids is 1. The van der Waals surface area contributed by atoms with Crippen molar-refractivity contribution in [3.63, 3.8) is 0 Å².